The lowest BCUT2D eigenvalue weighted by Gasteiger charge is -2.13. The molecule has 0 radical (unpaired) electrons. The van der Waals surface area contributed by atoms with Crippen molar-refractivity contribution in [3.8, 4) is 0 Å². The second-order valence-corrected chi connectivity index (χ2v) is 4.11. The number of aromatic nitrogens is 3. The van der Waals surface area contributed by atoms with Crippen LogP contribution in [0.4, 0.5) is 0 Å². The van der Waals surface area contributed by atoms with Crippen LogP contribution in [0.25, 0.3) is 11.0 Å². The van der Waals surface area contributed by atoms with Crippen LogP contribution < -0.4 is 4.84 Å². The Bertz CT molecular complexity index is 648. The van der Waals surface area contributed by atoms with E-state index in [1.54, 1.807) is 0 Å². The van der Waals surface area contributed by atoms with Gasteiger partial charge in [-0.15, -0.1) is 5.10 Å². The molecule has 4 heteroatoms. The molecule has 0 bridgehead atoms. The first-order valence-corrected chi connectivity index (χ1v) is 5.87. The predicted octanol–water partition coefficient (Wildman–Crippen LogP) is 2.62. The van der Waals surface area contributed by atoms with Crippen LogP contribution in [0.1, 0.15) is 18.6 Å². The lowest BCUT2D eigenvalue weighted by atomic mass is 10.1. The molecule has 0 aliphatic carbocycles. The molecule has 0 fully saturated rings. The molecule has 4 nitrogen and oxygen atoms in total. The van der Waals surface area contributed by atoms with Gasteiger partial charge in [0, 0.05) is 0 Å². The van der Waals surface area contributed by atoms with Gasteiger partial charge in [0.15, 0.2) is 0 Å². The maximum Gasteiger partial charge on any atom is 0.149 e. The smallest absolute Gasteiger partial charge is 0.149 e. The van der Waals surface area contributed by atoms with Crippen LogP contribution in [0.2, 0.25) is 0 Å². The summed E-state index contributed by atoms with van der Waals surface area (Å²) in [5.74, 6) is 0. The zero-order valence-electron chi connectivity index (χ0n) is 10.0. The maximum absolute atomic E-state index is 5.80. The standard InChI is InChI=1S/C14H13N3O/c1-11(12-7-3-2-4-8-12)18-17-14-10-6-5-9-13(14)15-16-17/h2-11H,1H3. The number of hydrogen-bond donors (Lipinski definition) is 0. The molecule has 18 heavy (non-hydrogen) atoms. The highest BCUT2D eigenvalue weighted by Gasteiger charge is 2.10. The average molecular weight is 239 g/mol. The number of benzene rings is 2. The lowest BCUT2D eigenvalue weighted by molar-refractivity contribution is 0.0293. The SMILES string of the molecule is CC(On1nnc2ccccc21)c1ccccc1. The van der Waals surface area contributed by atoms with Crippen molar-refractivity contribution in [2.75, 3.05) is 0 Å². The van der Waals surface area contributed by atoms with E-state index in [4.69, 9.17) is 4.84 Å². The lowest BCUT2D eigenvalue weighted by Crippen LogP contribution is -2.17. The second kappa shape index (κ2) is 4.49. The fourth-order valence-corrected chi connectivity index (χ4v) is 1.86. The van der Waals surface area contributed by atoms with Gasteiger partial charge in [-0.2, -0.15) is 0 Å². The van der Waals surface area contributed by atoms with E-state index in [-0.39, 0.29) is 6.10 Å². The van der Waals surface area contributed by atoms with Crippen molar-refractivity contribution in [3.05, 3.63) is 60.2 Å². The third-order valence-corrected chi connectivity index (χ3v) is 2.85. The maximum atomic E-state index is 5.80. The second-order valence-electron chi connectivity index (χ2n) is 4.11. The van der Waals surface area contributed by atoms with Gasteiger partial charge < -0.3 is 4.84 Å². The zero-order valence-corrected chi connectivity index (χ0v) is 10.0. The monoisotopic (exact) mass is 239 g/mol. The van der Waals surface area contributed by atoms with E-state index in [2.05, 4.69) is 10.3 Å². The van der Waals surface area contributed by atoms with Gasteiger partial charge in [0.1, 0.15) is 17.1 Å². The van der Waals surface area contributed by atoms with Crippen LogP contribution in [0, 0.1) is 0 Å². The Morgan fingerprint density at radius 3 is 2.56 bits per heavy atom. The molecule has 1 aromatic heterocycles. The van der Waals surface area contributed by atoms with Crippen molar-refractivity contribution in [3.63, 3.8) is 0 Å². The first-order chi connectivity index (χ1) is 8.84. The molecule has 0 aliphatic rings. The molecular formula is C14H13N3O. The fraction of sp³-hybridized carbons (Fsp3) is 0.143. The van der Waals surface area contributed by atoms with E-state index in [9.17, 15) is 0 Å². The molecule has 1 heterocycles. The summed E-state index contributed by atoms with van der Waals surface area (Å²) in [6.45, 7) is 1.99. The van der Waals surface area contributed by atoms with Crippen LogP contribution in [0.5, 0.6) is 0 Å². The minimum atomic E-state index is -0.0729. The van der Waals surface area contributed by atoms with Gasteiger partial charge in [-0.1, -0.05) is 47.3 Å². The molecule has 0 amide bonds. The topological polar surface area (TPSA) is 39.9 Å². The summed E-state index contributed by atoms with van der Waals surface area (Å²) < 4.78 is 0. The van der Waals surface area contributed by atoms with Gasteiger partial charge in [-0.25, -0.2) is 0 Å². The predicted molar refractivity (Wildman–Crippen MR) is 69.0 cm³/mol. The highest BCUT2D eigenvalue weighted by molar-refractivity contribution is 5.73. The molecular weight excluding hydrogens is 226 g/mol. The summed E-state index contributed by atoms with van der Waals surface area (Å²) in [7, 11) is 0. The Morgan fingerprint density at radius 2 is 1.72 bits per heavy atom. The Morgan fingerprint density at radius 1 is 1.00 bits per heavy atom. The minimum Gasteiger partial charge on any atom is -0.387 e. The Kier molecular flexibility index (Phi) is 2.68. The zero-order chi connectivity index (χ0) is 12.4. The van der Waals surface area contributed by atoms with Crippen molar-refractivity contribution >= 4 is 11.0 Å². The Hall–Kier alpha value is -2.36. The number of para-hydroxylation sites is 1. The fourth-order valence-electron chi connectivity index (χ4n) is 1.86. The van der Waals surface area contributed by atoms with E-state index in [1.165, 1.54) is 4.85 Å². The largest absolute Gasteiger partial charge is 0.387 e. The van der Waals surface area contributed by atoms with Gasteiger partial charge in [0.2, 0.25) is 0 Å². The van der Waals surface area contributed by atoms with E-state index < -0.39 is 0 Å². The van der Waals surface area contributed by atoms with Crippen molar-refractivity contribution in [1.29, 1.82) is 0 Å². The number of nitrogens with zero attached hydrogens (tertiary/aromatic N) is 3. The molecule has 0 aliphatic heterocycles. The highest BCUT2D eigenvalue weighted by atomic mass is 16.7. The van der Waals surface area contributed by atoms with Crippen LogP contribution in [0.15, 0.2) is 54.6 Å². The third kappa shape index (κ3) is 1.93. The van der Waals surface area contributed by atoms with Gasteiger partial charge >= 0.3 is 0 Å². The average Bonchev–Trinajstić information content (AvgIpc) is 2.83. The molecule has 3 rings (SSSR count). The van der Waals surface area contributed by atoms with Gasteiger partial charge in [0.05, 0.1) is 0 Å². The van der Waals surface area contributed by atoms with Gasteiger partial charge in [0.25, 0.3) is 0 Å². The number of rotatable bonds is 3. The molecule has 1 unspecified atom stereocenters. The Balaban J connectivity index is 1.89. The molecule has 3 aromatic rings. The number of hydrogen-bond acceptors (Lipinski definition) is 3. The van der Waals surface area contributed by atoms with Gasteiger partial charge in [-0.3, -0.25) is 0 Å². The van der Waals surface area contributed by atoms with Crippen molar-refractivity contribution in [1.82, 2.24) is 15.2 Å². The van der Waals surface area contributed by atoms with Crippen LogP contribution in [0.3, 0.4) is 0 Å². The molecule has 0 saturated heterocycles. The highest BCUT2D eigenvalue weighted by Crippen LogP contribution is 2.15. The molecule has 0 saturated carbocycles. The van der Waals surface area contributed by atoms with E-state index in [0.717, 1.165) is 16.6 Å². The molecule has 90 valence electrons. The number of fused-ring (bicyclic) bond motifs is 1. The summed E-state index contributed by atoms with van der Waals surface area (Å²) in [5, 5.41) is 8.06. The molecule has 1 atom stereocenters. The molecule has 0 N–H and O–H groups in total. The van der Waals surface area contributed by atoms with Crippen molar-refractivity contribution in [2.24, 2.45) is 0 Å². The van der Waals surface area contributed by atoms with E-state index in [0.29, 0.717) is 0 Å². The summed E-state index contributed by atoms with van der Waals surface area (Å²) in [6.07, 6.45) is -0.0729. The van der Waals surface area contributed by atoms with Gasteiger partial charge in [-0.05, 0) is 29.8 Å². The van der Waals surface area contributed by atoms with Crippen molar-refractivity contribution < 1.29 is 4.84 Å². The van der Waals surface area contributed by atoms with Crippen LogP contribution in [-0.2, 0) is 0 Å². The van der Waals surface area contributed by atoms with E-state index >= 15 is 0 Å². The summed E-state index contributed by atoms with van der Waals surface area (Å²) in [5.41, 5.74) is 2.81. The van der Waals surface area contributed by atoms with Crippen molar-refractivity contribution in [2.45, 2.75) is 13.0 Å². The van der Waals surface area contributed by atoms with Crippen LogP contribution >= 0.6 is 0 Å². The minimum absolute atomic E-state index is 0.0729. The molecule has 0 spiro atoms. The first kappa shape index (κ1) is 10.8. The third-order valence-electron chi connectivity index (χ3n) is 2.85. The summed E-state index contributed by atoms with van der Waals surface area (Å²) >= 11 is 0. The van der Waals surface area contributed by atoms with Crippen LogP contribution in [-0.4, -0.2) is 15.2 Å². The molecule has 2 aromatic carbocycles. The quantitative estimate of drug-likeness (QED) is 0.705. The van der Waals surface area contributed by atoms with E-state index in [1.807, 2.05) is 61.5 Å². The normalized spacial score (nSPS) is 12.5. The summed E-state index contributed by atoms with van der Waals surface area (Å²) in [6, 6.07) is 17.8. The Labute approximate surface area is 105 Å². The first-order valence-electron chi connectivity index (χ1n) is 5.87. The summed E-state index contributed by atoms with van der Waals surface area (Å²) in [4.78, 5) is 7.28.